The Morgan fingerprint density at radius 2 is 1.93 bits per heavy atom. The minimum Gasteiger partial charge on any atom is -0.0990 e. The Balaban J connectivity index is 2.07. The molecule has 0 aromatic heterocycles. The Kier molecular flexibility index (Phi) is 1.79. The summed E-state index contributed by atoms with van der Waals surface area (Å²) in [5.41, 5.74) is 2.71. The molecule has 0 heterocycles. The highest BCUT2D eigenvalue weighted by Crippen LogP contribution is 2.69. The van der Waals surface area contributed by atoms with Gasteiger partial charge in [-0.05, 0) is 60.7 Å². The van der Waals surface area contributed by atoms with Crippen LogP contribution in [0.2, 0.25) is 0 Å². The molecule has 3 aliphatic carbocycles. The van der Waals surface area contributed by atoms with E-state index < -0.39 is 0 Å². The lowest BCUT2D eigenvalue weighted by Crippen LogP contribution is -2.40. The molecule has 1 spiro atoms. The van der Waals surface area contributed by atoms with Gasteiger partial charge in [0.25, 0.3) is 0 Å². The smallest absolute Gasteiger partial charge is 0.0116 e. The summed E-state index contributed by atoms with van der Waals surface area (Å²) in [7, 11) is 0. The number of rotatable bonds is 0. The van der Waals surface area contributed by atoms with Crippen LogP contribution in [0.25, 0.3) is 0 Å². The fourth-order valence-electron chi connectivity index (χ4n) is 5.05. The molecule has 3 aliphatic rings. The molecule has 3 saturated carbocycles. The highest BCUT2D eigenvalue weighted by molar-refractivity contribution is 5.26. The van der Waals surface area contributed by atoms with Crippen LogP contribution in [0.4, 0.5) is 0 Å². The molecular weight excluding hydrogens is 180 g/mol. The van der Waals surface area contributed by atoms with Crippen molar-refractivity contribution in [2.24, 2.45) is 28.6 Å². The van der Waals surface area contributed by atoms with E-state index in [9.17, 15) is 0 Å². The lowest BCUT2D eigenvalue weighted by molar-refractivity contribution is 0.0881. The van der Waals surface area contributed by atoms with E-state index in [0.29, 0.717) is 10.8 Å². The van der Waals surface area contributed by atoms with Gasteiger partial charge < -0.3 is 0 Å². The van der Waals surface area contributed by atoms with Crippen LogP contribution in [-0.2, 0) is 0 Å². The highest BCUT2D eigenvalue weighted by Gasteiger charge is 2.60. The minimum absolute atomic E-state index is 0.425. The topological polar surface area (TPSA) is 0 Å². The molecule has 15 heavy (non-hydrogen) atoms. The third-order valence-electron chi connectivity index (χ3n) is 6.42. The first-order valence-corrected chi connectivity index (χ1v) is 6.68. The van der Waals surface area contributed by atoms with Crippen LogP contribution in [-0.4, -0.2) is 0 Å². The Labute approximate surface area is 94.1 Å². The molecule has 0 aromatic rings. The molecule has 0 amide bonds. The average Bonchev–Trinajstić information content (AvgIpc) is 2.72. The maximum atomic E-state index is 4.48. The number of hydrogen-bond donors (Lipinski definition) is 0. The zero-order chi connectivity index (χ0) is 10.8. The van der Waals surface area contributed by atoms with Gasteiger partial charge in [0.2, 0.25) is 0 Å². The van der Waals surface area contributed by atoms with Crippen molar-refractivity contribution in [3.05, 3.63) is 12.2 Å². The quantitative estimate of drug-likeness (QED) is 0.513. The monoisotopic (exact) mass is 204 g/mol. The van der Waals surface area contributed by atoms with Gasteiger partial charge in [-0.15, -0.1) is 0 Å². The summed E-state index contributed by atoms with van der Waals surface area (Å²) in [6.07, 6.45) is 7.34. The van der Waals surface area contributed by atoms with E-state index in [4.69, 9.17) is 0 Å². The highest BCUT2D eigenvalue weighted by atomic mass is 14.6. The van der Waals surface area contributed by atoms with E-state index in [-0.39, 0.29) is 0 Å². The summed E-state index contributed by atoms with van der Waals surface area (Å²) in [4.78, 5) is 0. The molecule has 0 N–H and O–H groups in total. The molecule has 3 rings (SSSR count). The fraction of sp³-hybridized carbons (Fsp3) is 0.867. The largest absolute Gasteiger partial charge is 0.0990 e. The van der Waals surface area contributed by atoms with E-state index in [1.54, 1.807) is 5.57 Å². The van der Waals surface area contributed by atoms with E-state index >= 15 is 0 Å². The number of fused-ring (bicyclic) bond motifs is 1. The van der Waals surface area contributed by atoms with Crippen molar-refractivity contribution in [1.29, 1.82) is 0 Å². The second-order valence-electron chi connectivity index (χ2n) is 6.95. The van der Waals surface area contributed by atoms with Crippen molar-refractivity contribution >= 4 is 0 Å². The first-order valence-electron chi connectivity index (χ1n) is 6.68. The molecule has 0 saturated heterocycles. The van der Waals surface area contributed by atoms with Gasteiger partial charge in [-0.3, -0.25) is 0 Å². The van der Waals surface area contributed by atoms with Crippen LogP contribution in [0, 0.1) is 28.6 Å². The summed E-state index contributed by atoms with van der Waals surface area (Å²) in [6.45, 7) is 11.9. The average molecular weight is 204 g/mol. The van der Waals surface area contributed by atoms with Crippen LogP contribution in [0.5, 0.6) is 0 Å². The van der Waals surface area contributed by atoms with Crippen LogP contribution < -0.4 is 0 Å². The standard InChI is InChI=1S/C15H24/c1-10-5-6-13-11(2)14(3,4)12-7-8-15(10,13)9-12/h10,12-13H,2,5-9H2,1,3-4H3/t10-,12-,13?,15-/m0/s1. The second kappa shape index (κ2) is 2.70. The molecule has 1 unspecified atom stereocenters. The maximum Gasteiger partial charge on any atom is -0.0116 e. The molecule has 0 nitrogen and oxygen atoms in total. The number of hydrogen-bond acceptors (Lipinski definition) is 0. The normalized spacial score (nSPS) is 51.9. The maximum absolute atomic E-state index is 4.48. The SMILES string of the molecule is C=C1C2CC[C@H](C)[C@@]23CC[C@@H](C3)C1(C)C. The van der Waals surface area contributed by atoms with Crippen molar-refractivity contribution in [2.45, 2.75) is 52.9 Å². The minimum atomic E-state index is 0.425. The van der Waals surface area contributed by atoms with Crippen LogP contribution >= 0.6 is 0 Å². The zero-order valence-corrected chi connectivity index (χ0v) is 10.5. The van der Waals surface area contributed by atoms with Gasteiger partial charge in [-0.25, -0.2) is 0 Å². The predicted octanol–water partition coefficient (Wildman–Crippen LogP) is 4.42. The van der Waals surface area contributed by atoms with E-state index in [1.165, 1.54) is 32.1 Å². The molecule has 0 radical (unpaired) electrons. The van der Waals surface area contributed by atoms with Gasteiger partial charge in [0, 0.05) is 0 Å². The second-order valence-corrected chi connectivity index (χ2v) is 6.95. The molecule has 0 aliphatic heterocycles. The van der Waals surface area contributed by atoms with Gasteiger partial charge in [0.05, 0.1) is 0 Å². The molecule has 0 aromatic carbocycles. The molecule has 2 bridgehead atoms. The van der Waals surface area contributed by atoms with Gasteiger partial charge in [0.15, 0.2) is 0 Å². The lowest BCUT2D eigenvalue weighted by Gasteiger charge is -2.48. The third kappa shape index (κ3) is 0.990. The molecule has 84 valence electrons. The van der Waals surface area contributed by atoms with Gasteiger partial charge in [-0.1, -0.05) is 32.9 Å². The Morgan fingerprint density at radius 1 is 1.20 bits per heavy atom. The summed E-state index contributed by atoms with van der Waals surface area (Å²) in [5, 5.41) is 0. The fourth-order valence-corrected chi connectivity index (χ4v) is 5.05. The number of allylic oxidation sites excluding steroid dienone is 1. The first kappa shape index (κ1) is 9.93. The zero-order valence-electron chi connectivity index (χ0n) is 10.5. The van der Waals surface area contributed by atoms with Gasteiger partial charge in [-0.2, -0.15) is 0 Å². The van der Waals surface area contributed by atoms with Crippen molar-refractivity contribution < 1.29 is 0 Å². The lowest BCUT2D eigenvalue weighted by atomic mass is 9.56. The van der Waals surface area contributed by atoms with E-state index in [0.717, 1.165) is 17.8 Å². The van der Waals surface area contributed by atoms with E-state index in [1.807, 2.05) is 0 Å². The predicted molar refractivity (Wildman–Crippen MR) is 64.6 cm³/mol. The van der Waals surface area contributed by atoms with Crippen LogP contribution in [0.15, 0.2) is 12.2 Å². The van der Waals surface area contributed by atoms with Crippen molar-refractivity contribution in [3.63, 3.8) is 0 Å². The Hall–Kier alpha value is -0.260. The van der Waals surface area contributed by atoms with Crippen LogP contribution in [0.1, 0.15) is 52.9 Å². The Bertz CT molecular complexity index is 312. The Morgan fingerprint density at radius 3 is 2.67 bits per heavy atom. The molecule has 3 fully saturated rings. The summed E-state index contributed by atoms with van der Waals surface area (Å²) >= 11 is 0. The van der Waals surface area contributed by atoms with Crippen molar-refractivity contribution in [3.8, 4) is 0 Å². The molecule has 4 atom stereocenters. The summed E-state index contributed by atoms with van der Waals surface area (Å²) in [5.74, 6) is 2.75. The van der Waals surface area contributed by atoms with Crippen LogP contribution in [0.3, 0.4) is 0 Å². The van der Waals surface area contributed by atoms with Gasteiger partial charge in [0.1, 0.15) is 0 Å². The van der Waals surface area contributed by atoms with Crippen molar-refractivity contribution in [2.75, 3.05) is 0 Å². The first-order chi connectivity index (χ1) is 6.98. The summed E-state index contributed by atoms with van der Waals surface area (Å²) in [6, 6.07) is 0. The van der Waals surface area contributed by atoms with Gasteiger partial charge >= 0.3 is 0 Å². The molecular formula is C15H24. The van der Waals surface area contributed by atoms with E-state index in [2.05, 4.69) is 27.4 Å². The third-order valence-corrected chi connectivity index (χ3v) is 6.42. The van der Waals surface area contributed by atoms with Crippen molar-refractivity contribution in [1.82, 2.24) is 0 Å². The summed E-state index contributed by atoms with van der Waals surface area (Å²) < 4.78 is 0. The molecule has 0 heteroatoms.